The summed E-state index contributed by atoms with van der Waals surface area (Å²) in [6.07, 6.45) is 6.35. The Labute approximate surface area is 138 Å². The van der Waals surface area contributed by atoms with E-state index in [1.807, 2.05) is 11.8 Å². The van der Waals surface area contributed by atoms with Crippen LogP contribution in [0.3, 0.4) is 0 Å². The van der Waals surface area contributed by atoms with Crippen LogP contribution in [0.15, 0.2) is 46.9 Å². The van der Waals surface area contributed by atoms with Crippen molar-refractivity contribution in [2.45, 2.75) is 56.6 Å². The van der Waals surface area contributed by atoms with Crippen molar-refractivity contribution in [3.05, 3.63) is 42.0 Å². The quantitative estimate of drug-likeness (QED) is 0.670. The van der Waals surface area contributed by atoms with Crippen molar-refractivity contribution in [3.8, 4) is 0 Å². The van der Waals surface area contributed by atoms with Crippen molar-refractivity contribution in [1.29, 1.82) is 0 Å². The summed E-state index contributed by atoms with van der Waals surface area (Å²) < 4.78 is 0. The molecule has 3 rings (SSSR count). The Hall–Kier alpha value is -1.02. The molecule has 2 aliphatic rings. The SMILES string of the molecule is C[C@@H]1CC(=O)CC2CC/C(=C\[C@@H]1Sc1ccccc1)C2(C)C. The van der Waals surface area contributed by atoms with Gasteiger partial charge in [0, 0.05) is 23.0 Å². The van der Waals surface area contributed by atoms with Gasteiger partial charge in [-0.15, -0.1) is 11.8 Å². The first-order valence-electron chi connectivity index (χ1n) is 8.41. The van der Waals surface area contributed by atoms with E-state index in [-0.39, 0.29) is 5.41 Å². The third kappa shape index (κ3) is 3.17. The van der Waals surface area contributed by atoms with Gasteiger partial charge in [-0.25, -0.2) is 0 Å². The minimum Gasteiger partial charge on any atom is -0.300 e. The van der Waals surface area contributed by atoms with Crippen molar-refractivity contribution in [2.24, 2.45) is 17.3 Å². The Morgan fingerprint density at radius 3 is 2.59 bits per heavy atom. The van der Waals surface area contributed by atoms with Gasteiger partial charge in [-0.1, -0.05) is 50.6 Å². The summed E-state index contributed by atoms with van der Waals surface area (Å²) in [6.45, 7) is 6.91. The van der Waals surface area contributed by atoms with Gasteiger partial charge in [0.25, 0.3) is 0 Å². The second-order valence-electron chi connectivity index (χ2n) is 7.47. The molecule has 0 N–H and O–H groups in total. The molecule has 118 valence electrons. The van der Waals surface area contributed by atoms with Crippen LogP contribution in [0.4, 0.5) is 0 Å². The molecule has 2 aliphatic carbocycles. The van der Waals surface area contributed by atoms with Gasteiger partial charge in [0.15, 0.2) is 0 Å². The van der Waals surface area contributed by atoms with E-state index in [0.29, 0.717) is 22.9 Å². The van der Waals surface area contributed by atoms with Crippen molar-refractivity contribution < 1.29 is 4.79 Å². The fourth-order valence-corrected chi connectivity index (χ4v) is 5.12. The number of carbonyl (C=O) groups excluding carboxylic acids is 1. The predicted molar refractivity (Wildman–Crippen MR) is 94.1 cm³/mol. The van der Waals surface area contributed by atoms with Crippen molar-refractivity contribution in [2.75, 3.05) is 0 Å². The number of hydrogen-bond acceptors (Lipinski definition) is 2. The number of benzene rings is 1. The Kier molecular flexibility index (Phi) is 4.49. The second kappa shape index (κ2) is 6.23. The van der Waals surface area contributed by atoms with Crippen LogP contribution in [0.25, 0.3) is 0 Å². The van der Waals surface area contributed by atoms with Crippen molar-refractivity contribution >= 4 is 17.5 Å². The molecule has 2 bridgehead atoms. The van der Waals surface area contributed by atoms with E-state index in [1.54, 1.807) is 5.57 Å². The number of ketones is 1. The molecule has 0 aromatic heterocycles. The molecular weight excluding hydrogens is 288 g/mol. The monoisotopic (exact) mass is 314 g/mol. The topological polar surface area (TPSA) is 17.1 Å². The number of rotatable bonds is 2. The van der Waals surface area contributed by atoms with Crippen LogP contribution in [0.1, 0.15) is 46.5 Å². The fraction of sp³-hybridized carbons (Fsp3) is 0.550. The van der Waals surface area contributed by atoms with Gasteiger partial charge < -0.3 is 0 Å². The highest BCUT2D eigenvalue weighted by Crippen LogP contribution is 2.51. The summed E-state index contributed by atoms with van der Waals surface area (Å²) >= 11 is 1.92. The van der Waals surface area contributed by atoms with Gasteiger partial charge in [0.05, 0.1) is 0 Å². The first-order valence-corrected chi connectivity index (χ1v) is 9.29. The molecule has 1 saturated carbocycles. The van der Waals surface area contributed by atoms with Gasteiger partial charge in [0.2, 0.25) is 0 Å². The van der Waals surface area contributed by atoms with E-state index < -0.39 is 0 Å². The fourth-order valence-electron chi connectivity index (χ4n) is 3.93. The summed E-state index contributed by atoms with van der Waals surface area (Å²) in [5.41, 5.74) is 1.77. The molecule has 0 aliphatic heterocycles. The number of hydrogen-bond donors (Lipinski definition) is 0. The van der Waals surface area contributed by atoms with Crippen LogP contribution < -0.4 is 0 Å². The maximum atomic E-state index is 12.4. The van der Waals surface area contributed by atoms with Crippen LogP contribution in [0, 0.1) is 17.3 Å². The summed E-state index contributed by atoms with van der Waals surface area (Å²) in [7, 11) is 0. The van der Waals surface area contributed by atoms with Gasteiger partial charge in [-0.05, 0) is 42.2 Å². The Bertz CT molecular complexity index is 573. The number of Topliss-reactive ketones (excluding diaryl/α,β-unsaturated/α-hetero) is 1. The molecule has 1 fully saturated rings. The summed E-state index contributed by atoms with van der Waals surface area (Å²) in [5, 5.41) is 0.400. The molecule has 0 saturated heterocycles. The lowest BCUT2D eigenvalue weighted by atomic mass is 9.77. The molecule has 1 aromatic carbocycles. The minimum absolute atomic E-state index is 0.190. The molecule has 3 atom stereocenters. The Morgan fingerprint density at radius 2 is 1.86 bits per heavy atom. The maximum absolute atomic E-state index is 12.4. The third-order valence-electron chi connectivity index (χ3n) is 5.58. The van der Waals surface area contributed by atoms with Gasteiger partial charge in [-0.3, -0.25) is 4.79 Å². The molecule has 0 amide bonds. The number of carbonyl (C=O) groups is 1. The normalized spacial score (nSPS) is 33.5. The van der Waals surface area contributed by atoms with Gasteiger partial charge in [0.1, 0.15) is 5.78 Å². The van der Waals surface area contributed by atoms with E-state index in [4.69, 9.17) is 0 Å². The molecular formula is C20H26OS. The first-order chi connectivity index (χ1) is 10.5. The standard InChI is InChI=1S/C20H26OS/c1-14-11-17(21)12-15-9-10-16(20(15,2)3)13-19(14)22-18-7-5-4-6-8-18/h4-8,13-15,19H,9-12H2,1-3H3/b16-13+/t14-,15?,19+/m1/s1. The first kappa shape index (κ1) is 15.9. The lowest BCUT2D eigenvalue weighted by Gasteiger charge is -2.28. The number of allylic oxidation sites excluding steroid dienone is 1. The highest BCUT2D eigenvalue weighted by atomic mass is 32.2. The van der Waals surface area contributed by atoms with Crippen molar-refractivity contribution in [1.82, 2.24) is 0 Å². The largest absolute Gasteiger partial charge is 0.300 e. The van der Waals surface area contributed by atoms with E-state index in [1.165, 1.54) is 17.7 Å². The van der Waals surface area contributed by atoms with Gasteiger partial charge >= 0.3 is 0 Å². The van der Waals surface area contributed by atoms with Crippen LogP contribution in [-0.4, -0.2) is 11.0 Å². The molecule has 1 unspecified atom stereocenters. The Morgan fingerprint density at radius 1 is 1.14 bits per heavy atom. The van der Waals surface area contributed by atoms with Crippen LogP contribution in [-0.2, 0) is 4.79 Å². The average molecular weight is 314 g/mol. The number of fused-ring (bicyclic) bond motifs is 2. The van der Waals surface area contributed by atoms with E-state index in [2.05, 4.69) is 57.2 Å². The van der Waals surface area contributed by atoms with Gasteiger partial charge in [-0.2, -0.15) is 0 Å². The van der Waals surface area contributed by atoms with E-state index >= 15 is 0 Å². The highest BCUT2D eigenvalue weighted by Gasteiger charge is 2.41. The van der Waals surface area contributed by atoms with Crippen LogP contribution in [0.5, 0.6) is 0 Å². The summed E-state index contributed by atoms with van der Waals surface area (Å²) in [4.78, 5) is 13.7. The third-order valence-corrected chi connectivity index (χ3v) is 6.99. The molecule has 0 heterocycles. The smallest absolute Gasteiger partial charge is 0.133 e. The molecule has 1 nitrogen and oxygen atoms in total. The predicted octanol–water partition coefficient (Wildman–Crippen LogP) is 5.51. The highest BCUT2D eigenvalue weighted by molar-refractivity contribution is 8.00. The van der Waals surface area contributed by atoms with Crippen molar-refractivity contribution in [3.63, 3.8) is 0 Å². The Balaban J connectivity index is 1.92. The van der Waals surface area contributed by atoms with Crippen LogP contribution in [0.2, 0.25) is 0 Å². The summed E-state index contributed by atoms with van der Waals surface area (Å²) in [6, 6.07) is 10.6. The average Bonchev–Trinajstić information content (AvgIpc) is 2.75. The molecule has 0 spiro atoms. The maximum Gasteiger partial charge on any atom is 0.133 e. The molecule has 1 aromatic rings. The molecule has 22 heavy (non-hydrogen) atoms. The van der Waals surface area contributed by atoms with E-state index in [0.717, 1.165) is 12.8 Å². The zero-order valence-electron chi connectivity index (χ0n) is 13.8. The lowest BCUT2D eigenvalue weighted by Crippen LogP contribution is -2.21. The second-order valence-corrected chi connectivity index (χ2v) is 8.72. The lowest BCUT2D eigenvalue weighted by molar-refractivity contribution is -0.121. The number of thioether (sulfide) groups is 1. The zero-order chi connectivity index (χ0) is 15.7. The van der Waals surface area contributed by atoms with Crippen LogP contribution >= 0.6 is 11.8 Å². The molecule has 2 heteroatoms. The van der Waals surface area contributed by atoms with E-state index in [9.17, 15) is 4.79 Å². The summed E-state index contributed by atoms with van der Waals surface area (Å²) in [5.74, 6) is 1.40. The minimum atomic E-state index is 0.190. The molecule has 0 radical (unpaired) electrons. The zero-order valence-corrected chi connectivity index (χ0v) is 14.7.